The van der Waals surface area contributed by atoms with Gasteiger partial charge in [0.2, 0.25) is 0 Å². The van der Waals surface area contributed by atoms with E-state index in [0.29, 0.717) is 6.29 Å². The molecule has 7 heteroatoms. The van der Waals surface area contributed by atoms with Gasteiger partial charge in [-0.1, -0.05) is 0 Å². The minimum atomic E-state index is -0.892. The molecule has 0 aliphatic carbocycles. The summed E-state index contributed by atoms with van der Waals surface area (Å²) in [5.74, 6) is 0. The molecular weight excluding hydrogens is 336 g/mol. The Balaban J connectivity index is 3.50. The SMILES string of the molecule is O=Cc1cc(I)c([N+](=O)[O-])cc1C(=O)Cl. The average Bonchev–Trinajstić information content (AvgIpc) is 2.16. The van der Waals surface area contributed by atoms with E-state index in [1.54, 1.807) is 22.6 Å². The van der Waals surface area contributed by atoms with E-state index in [-0.39, 0.29) is 20.4 Å². The van der Waals surface area contributed by atoms with Crippen LogP contribution in [0.1, 0.15) is 20.7 Å². The highest BCUT2D eigenvalue weighted by Gasteiger charge is 2.19. The monoisotopic (exact) mass is 339 g/mol. The summed E-state index contributed by atoms with van der Waals surface area (Å²) in [4.78, 5) is 31.4. The second-order valence-corrected chi connectivity index (χ2v) is 4.05. The lowest BCUT2D eigenvalue weighted by Gasteiger charge is -2.01. The number of carbonyl (C=O) groups excluding carboxylic acids is 2. The zero-order valence-electron chi connectivity index (χ0n) is 7.07. The summed E-state index contributed by atoms with van der Waals surface area (Å²) < 4.78 is 0.279. The maximum Gasteiger partial charge on any atom is 0.283 e. The predicted molar refractivity (Wildman–Crippen MR) is 61.4 cm³/mol. The van der Waals surface area contributed by atoms with Gasteiger partial charge in [-0.25, -0.2) is 0 Å². The zero-order valence-corrected chi connectivity index (χ0v) is 9.98. The van der Waals surface area contributed by atoms with Crippen LogP contribution in [0, 0.1) is 13.7 Å². The van der Waals surface area contributed by atoms with E-state index in [1.165, 1.54) is 6.07 Å². The van der Waals surface area contributed by atoms with E-state index in [1.807, 2.05) is 0 Å². The first-order valence-electron chi connectivity index (χ1n) is 3.60. The van der Waals surface area contributed by atoms with Crippen LogP contribution >= 0.6 is 34.2 Å². The fourth-order valence-corrected chi connectivity index (χ4v) is 1.84. The molecule has 0 spiro atoms. The van der Waals surface area contributed by atoms with E-state index in [0.717, 1.165) is 6.07 Å². The van der Waals surface area contributed by atoms with Crippen LogP contribution in [0.3, 0.4) is 0 Å². The number of carbonyl (C=O) groups is 2. The van der Waals surface area contributed by atoms with Crippen LogP contribution in [0.5, 0.6) is 0 Å². The summed E-state index contributed by atoms with van der Waals surface area (Å²) in [5.41, 5.74) is -0.353. The molecule has 0 aliphatic rings. The molecule has 0 heterocycles. The number of nitro groups is 1. The van der Waals surface area contributed by atoms with Crippen molar-refractivity contribution in [3.8, 4) is 0 Å². The Hall–Kier alpha value is -1.02. The third-order valence-corrected chi connectivity index (χ3v) is 2.72. The first-order chi connectivity index (χ1) is 6.97. The topological polar surface area (TPSA) is 77.3 Å². The van der Waals surface area contributed by atoms with Crippen molar-refractivity contribution < 1.29 is 14.5 Å². The number of halogens is 2. The summed E-state index contributed by atoms with van der Waals surface area (Å²) in [6, 6.07) is 2.25. The van der Waals surface area contributed by atoms with Gasteiger partial charge in [0.05, 0.1) is 14.1 Å². The molecule has 1 rings (SSSR count). The summed E-state index contributed by atoms with van der Waals surface area (Å²) in [6.45, 7) is 0. The Kier molecular flexibility index (Phi) is 3.75. The molecule has 0 aromatic heterocycles. The van der Waals surface area contributed by atoms with Gasteiger partial charge in [-0.05, 0) is 40.3 Å². The minimum absolute atomic E-state index is 0.0463. The number of hydrogen-bond acceptors (Lipinski definition) is 4. The van der Waals surface area contributed by atoms with Crippen LogP contribution < -0.4 is 0 Å². The highest BCUT2D eigenvalue weighted by atomic mass is 127. The molecule has 15 heavy (non-hydrogen) atoms. The summed E-state index contributed by atoms with van der Waals surface area (Å²) in [6.07, 6.45) is 0.432. The van der Waals surface area contributed by atoms with Gasteiger partial charge in [-0.3, -0.25) is 19.7 Å². The summed E-state index contributed by atoms with van der Waals surface area (Å²) in [5, 5.41) is 9.66. The first kappa shape index (κ1) is 12.1. The number of nitrogens with zero attached hydrogens (tertiary/aromatic N) is 1. The standard InChI is InChI=1S/C8H3ClINO4/c9-8(13)5-2-7(11(14)15)6(10)1-4(5)3-12/h1-3H. The smallest absolute Gasteiger partial charge is 0.283 e. The fraction of sp³-hybridized carbons (Fsp3) is 0. The Morgan fingerprint density at radius 3 is 2.53 bits per heavy atom. The van der Waals surface area contributed by atoms with Crippen LogP contribution in [0.2, 0.25) is 0 Å². The quantitative estimate of drug-likeness (QED) is 0.278. The van der Waals surface area contributed by atoms with Gasteiger partial charge in [0.15, 0.2) is 6.29 Å². The maximum absolute atomic E-state index is 10.9. The van der Waals surface area contributed by atoms with Crippen molar-refractivity contribution in [1.82, 2.24) is 0 Å². The Bertz CT molecular complexity index is 460. The molecule has 78 valence electrons. The molecule has 0 radical (unpaired) electrons. The van der Waals surface area contributed by atoms with Gasteiger partial charge in [-0.15, -0.1) is 0 Å². The average molecular weight is 339 g/mol. The fourth-order valence-electron chi connectivity index (χ4n) is 0.985. The van der Waals surface area contributed by atoms with E-state index in [4.69, 9.17) is 11.6 Å². The van der Waals surface area contributed by atoms with Crippen LogP contribution in [-0.2, 0) is 0 Å². The predicted octanol–water partition coefficient (Wildman–Crippen LogP) is 2.39. The molecule has 0 fully saturated rings. The van der Waals surface area contributed by atoms with Crippen LogP contribution in [0.4, 0.5) is 5.69 Å². The van der Waals surface area contributed by atoms with E-state index in [2.05, 4.69) is 0 Å². The normalized spacial score (nSPS) is 9.73. The number of hydrogen-bond donors (Lipinski definition) is 0. The highest BCUT2D eigenvalue weighted by Crippen LogP contribution is 2.25. The van der Waals surface area contributed by atoms with E-state index < -0.39 is 10.2 Å². The summed E-state index contributed by atoms with van der Waals surface area (Å²) >= 11 is 6.90. The third-order valence-electron chi connectivity index (χ3n) is 1.65. The molecule has 0 atom stereocenters. The van der Waals surface area contributed by atoms with Crippen molar-refractivity contribution in [3.05, 3.63) is 36.9 Å². The lowest BCUT2D eigenvalue weighted by Crippen LogP contribution is -2.01. The van der Waals surface area contributed by atoms with Gasteiger partial charge in [0.1, 0.15) is 0 Å². The Morgan fingerprint density at radius 2 is 2.13 bits per heavy atom. The number of aldehydes is 1. The van der Waals surface area contributed by atoms with Crippen LogP contribution in [-0.4, -0.2) is 16.5 Å². The molecule has 0 unspecified atom stereocenters. The molecular formula is C8H3ClINO4. The van der Waals surface area contributed by atoms with Crippen molar-refractivity contribution in [1.29, 1.82) is 0 Å². The van der Waals surface area contributed by atoms with Crippen molar-refractivity contribution in [2.75, 3.05) is 0 Å². The van der Waals surface area contributed by atoms with Gasteiger partial charge in [0, 0.05) is 11.6 Å². The number of benzene rings is 1. The van der Waals surface area contributed by atoms with E-state index in [9.17, 15) is 19.7 Å². The van der Waals surface area contributed by atoms with Crippen molar-refractivity contribution >= 4 is 51.4 Å². The molecule has 5 nitrogen and oxygen atoms in total. The first-order valence-corrected chi connectivity index (χ1v) is 5.06. The molecule has 0 amide bonds. The molecule has 1 aromatic rings. The minimum Gasteiger partial charge on any atom is -0.298 e. The van der Waals surface area contributed by atoms with Gasteiger partial charge < -0.3 is 0 Å². The molecule has 0 bridgehead atoms. The second kappa shape index (κ2) is 4.67. The second-order valence-electron chi connectivity index (χ2n) is 2.54. The van der Waals surface area contributed by atoms with Gasteiger partial charge in [0.25, 0.3) is 10.9 Å². The Labute approximate surface area is 103 Å². The van der Waals surface area contributed by atoms with Gasteiger partial charge in [-0.2, -0.15) is 0 Å². The van der Waals surface area contributed by atoms with Crippen LogP contribution in [0.15, 0.2) is 12.1 Å². The summed E-state index contributed by atoms with van der Waals surface area (Å²) in [7, 11) is 0. The highest BCUT2D eigenvalue weighted by molar-refractivity contribution is 14.1. The molecule has 1 aromatic carbocycles. The molecule has 0 saturated carbocycles. The zero-order chi connectivity index (χ0) is 11.6. The number of nitro benzene ring substituents is 1. The van der Waals surface area contributed by atoms with Crippen LogP contribution in [0.25, 0.3) is 0 Å². The lowest BCUT2D eigenvalue weighted by molar-refractivity contribution is -0.385. The van der Waals surface area contributed by atoms with Crippen molar-refractivity contribution in [3.63, 3.8) is 0 Å². The maximum atomic E-state index is 10.9. The molecule has 0 N–H and O–H groups in total. The van der Waals surface area contributed by atoms with Crippen molar-refractivity contribution in [2.45, 2.75) is 0 Å². The van der Waals surface area contributed by atoms with Crippen molar-refractivity contribution in [2.24, 2.45) is 0 Å². The third kappa shape index (κ3) is 2.51. The molecule has 0 aliphatic heterocycles. The lowest BCUT2D eigenvalue weighted by atomic mass is 10.1. The largest absolute Gasteiger partial charge is 0.298 e. The van der Waals surface area contributed by atoms with E-state index >= 15 is 0 Å². The Morgan fingerprint density at radius 1 is 1.53 bits per heavy atom. The number of rotatable bonds is 3. The molecule has 0 saturated heterocycles. The van der Waals surface area contributed by atoms with Gasteiger partial charge >= 0.3 is 0 Å².